The highest BCUT2D eigenvalue weighted by atomic mass is 16.5. The Hall–Kier alpha value is -2.04. The third-order valence-corrected chi connectivity index (χ3v) is 3.56. The van der Waals surface area contributed by atoms with Crippen LogP contribution in [-0.2, 0) is 13.0 Å². The minimum atomic E-state index is -0.0424. The lowest BCUT2D eigenvalue weighted by molar-refractivity contribution is 0.195. The highest BCUT2D eigenvalue weighted by molar-refractivity contribution is 5.57. The molecule has 92 valence electrons. The average molecular weight is 242 g/mol. The third kappa shape index (κ3) is 1.40. The van der Waals surface area contributed by atoms with Crippen LogP contribution in [-0.4, -0.2) is 21.3 Å². The quantitative estimate of drug-likeness (QED) is 0.828. The second kappa shape index (κ2) is 3.73. The zero-order chi connectivity index (χ0) is 11.9. The van der Waals surface area contributed by atoms with Gasteiger partial charge in [-0.05, 0) is 18.6 Å². The number of nitrogens with one attached hydrogen (secondary N) is 1. The first-order valence-corrected chi connectivity index (χ1v) is 6.33. The number of ether oxygens (including phenoxy) is 1. The monoisotopic (exact) mass is 242 g/mol. The minimum absolute atomic E-state index is 0.0424. The Balaban J connectivity index is 1.68. The number of hydrogen-bond acceptors (Lipinski definition) is 4. The molecule has 5 heteroatoms. The summed E-state index contributed by atoms with van der Waals surface area (Å²) in [5.41, 5.74) is 1.05. The first-order valence-electron chi connectivity index (χ1n) is 6.33. The summed E-state index contributed by atoms with van der Waals surface area (Å²) in [6.07, 6.45) is 2.15. The third-order valence-electron chi connectivity index (χ3n) is 3.56. The van der Waals surface area contributed by atoms with Gasteiger partial charge in [0.25, 0.3) is 0 Å². The zero-order valence-corrected chi connectivity index (χ0v) is 9.97. The van der Waals surface area contributed by atoms with Crippen molar-refractivity contribution in [2.75, 3.05) is 11.9 Å². The molecule has 0 aliphatic carbocycles. The van der Waals surface area contributed by atoms with Crippen LogP contribution in [0.4, 0.5) is 5.69 Å². The summed E-state index contributed by atoms with van der Waals surface area (Å²) in [4.78, 5) is 0. The van der Waals surface area contributed by atoms with Crippen LogP contribution in [0, 0.1) is 0 Å². The Bertz CT molecular complexity index is 592. The van der Waals surface area contributed by atoms with Gasteiger partial charge in [-0.25, -0.2) is 0 Å². The summed E-state index contributed by atoms with van der Waals surface area (Å²) in [5.74, 6) is 2.93. The van der Waals surface area contributed by atoms with Gasteiger partial charge in [0.05, 0.1) is 12.2 Å². The van der Waals surface area contributed by atoms with E-state index < -0.39 is 0 Å². The maximum Gasteiger partial charge on any atom is 0.176 e. The molecular weight excluding hydrogens is 228 g/mol. The number of rotatable bonds is 1. The summed E-state index contributed by atoms with van der Waals surface area (Å²) in [6, 6.07) is 8.00. The molecule has 0 radical (unpaired) electrons. The highest BCUT2D eigenvalue weighted by Crippen LogP contribution is 2.33. The van der Waals surface area contributed by atoms with E-state index in [-0.39, 0.29) is 6.10 Å². The lowest BCUT2D eigenvalue weighted by Gasteiger charge is -2.26. The minimum Gasteiger partial charge on any atom is -0.478 e. The molecule has 1 aromatic heterocycles. The van der Waals surface area contributed by atoms with Crippen LogP contribution in [0.2, 0.25) is 0 Å². The van der Waals surface area contributed by atoms with E-state index in [1.54, 1.807) is 0 Å². The van der Waals surface area contributed by atoms with Crippen molar-refractivity contribution in [2.45, 2.75) is 25.5 Å². The molecule has 0 bridgehead atoms. The predicted molar refractivity (Wildman–Crippen MR) is 66.6 cm³/mol. The van der Waals surface area contributed by atoms with Crippen LogP contribution in [0.3, 0.4) is 0 Å². The molecule has 2 aromatic rings. The van der Waals surface area contributed by atoms with Gasteiger partial charge in [-0.15, -0.1) is 10.2 Å². The van der Waals surface area contributed by atoms with Crippen LogP contribution in [0.15, 0.2) is 24.3 Å². The molecule has 0 fully saturated rings. The second-order valence-corrected chi connectivity index (χ2v) is 4.71. The molecule has 2 aliphatic rings. The number of fused-ring (bicyclic) bond motifs is 2. The molecule has 1 aromatic carbocycles. The Labute approximate surface area is 105 Å². The Morgan fingerprint density at radius 1 is 1.28 bits per heavy atom. The molecule has 3 heterocycles. The molecule has 2 aliphatic heterocycles. The van der Waals surface area contributed by atoms with Gasteiger partial charge >= 0.3 is 0 Å². The van der Waals surface area contributed by atoms with Crippen molar-refractivity contribution in [2.24, 2.45) is 0 Å². The van der Waals surface area contributed by atoms with E-state index >= 15 is 0 Å². The largest absolute Gasteiger partial charge is 0.478 e. The number of benzene rings is 1. The summed E-state index contributed by atoms with van der Waals surface area (Å²) in [6.45, 7) is 1.76. The van der Waals surface area contributed by atoms with E-state index in [9.17, 15) is 0 Å². The lowest BCUT2D eigenvalue weighted by Crippen LogP contribution is -2.26. The number of hydrogen-bond donors (Lipinski definition) is 1. The van der Waals surface area contributed by atoms with Crippen molar-refractivity contribution in [3.63, 3.8) is 0 Å². The van der Waals surface area contributed by atoms with E-state index in [0.29, 0.717) is 0 Å². The van der Waals surface area contributed by atoms with Crippen LogP contribution < -0.4 is 10.1 Å². The standard InChI is InChI=1S/C13H14N4O/c1-2-5-10-9(4-1)14-8-11(18-10)13-16-15-12-6-3-7-17(12)13/h1-2,4-5,11,14H,3,6-8H2. The van der Waals surface area contributed by atoms with Gasteiger partial charge in [-0.1, -0.05) is 12.1 Å². The van der Waals surface area contributed by atoms with Crippen molar-refractivity contribution in [1.82, 2.24) is 14.8 Å². The number of para-hydroxylation sites is 2. The van der Waals surface area contributed by atoms with Gasteiger partial charge in [0.1, 0.15) is 11.6 Å². The summed E-state index contributed by atoms with van der Waals surface area (Å²) >= 11 is 0. The molecule has 4 rings (SSSR count). The van der Waals surface area contributed by atoms with Crippen molar-refractivity contribution < 1.29 is 4.74 Å². The zero-order valence-electron chi connectivity index (χ0n) is 9.97. The van der Waals surface area contributed by atoms with Crippen LogP contribution in [0.5, 0.6) is 5.75 Å². The Kier molecular flexibility index (Phi) is 2.06. The molecule has 18 heavy (non-hydrogen) atoms. The predicted octanol–water partition coefficient (Wildman–Crippen LogP) is 1.77. The van der Waals surface area contributed by atoms with E-state index in [1.165, 1.54) is 0 Å². The summed E-state index contributed by atoms with van der Waals surface area (Å²) < 4.78 is 8.21. The highest BCUT2D eigenvalue weighted by Gasteiger charge is 2.28. The molecule has 1 atom stereocenters. The fraction of sp³-hybridized carbons (Fsp3) is 0.385. The molecule has 0 saturated heterocycles. The molecule has 1 N–H and O–H groups in total. The van der Waals surface area contributed by atoms with Gasteiger partial charge < -0.3 is 14.6 Å². The Morgan fingerprint density at radius 3 is 3.22 bits per heavy atom. The van der Waals surface area contributed by atoms with Crippen molar-refractivity contribution in [3.8, 4) is 5.75 Å². The van der Waals surface area contributed by atoms with Crippen molar-refractivity contribution in [1.29, 1.82) is 0 Å². The molecule has 5 nitrogen and oxygen atoms in total. The number of aromatic nitrogens is 3. The first-order chi connectivity index (χ1) is 8.92. The van der Waals surface area contributed by atoms with E-state index in [4.69, 9.17) is 4.74 Å². The number of anilines is 1. The lowest BCUT2D eigenvalue weighted by atomic mass is 10.2. The summed E-state index contributed by atoms with van der Waals surface area (Å²) in [5, 5.41) is 11.9. The molecule has 0 saturated carbocycles. The van der Waals surface area contributed by atoms with Gasteiger partial charge in [0, 0.05) is 13.0 Å². The van der Waals surface area contributed by atoms with E-state index in [1.807, 2.05) is 24.3 Å². The first kappa shape index (κ1) is 9.94. The number of aryl methyl sites for hydroxylation is 1. The Morgan fingerprint density at radius 2 is 2.22 bits per heavy atom. The molecule has 0 spiro atoms. The average Bonchev–Trinajstić information content (AvgIpc) is 3.00. The van der Waals surface area contributed by atoms with Crippen LogP contribution in [0.1, 0.15) is 24.2 Å². The van der Waals surface area contributed by atoms with Crippen LogP contribution >= 0.6 is 0 Å². The SMILES string of the molecule is c1ccc2c(c1)NCC(c1nnc3n1CCC3)O2. The van der Waals surface area contributed by atoms with Gasteiger partial charge in [0.2, 0.25) is 0 Å². The maximum atomic E-state index is 6.02. The van der Waals surface area contributed by atoms with E-state index in [0.717, 1.165) is 49.0 Å². The fourth-order valence-corrected chi connectivity index (χ4v) is 2.67. The van der Waals surface area contributed by atoms with Crippen LogP contribution in [0.25, 0.3) is 0 Å². The van der Waals surface area contributed by atoms with Gasteiger partial charge in [-0.3, -0.25) is 0 Å². The smallest absolute Gasteiger partial charge is 0.176 e. The summed E-state index contributed by atoms with van der Waals surface area (Å²) in [7, 11) is 0. The molecular formula is C13H14N4O. The van der Waals surface area contributed by atoms with Crippen molar-refractivity contribution in [3.05, 3.63) is 35.9 Å². The van der Waals surface area contributed by atoms with E-state index in [2.05, 4.69) is 20.1 Å². The number of nitrogens with zero attached hydrogens (tertiary/aromatic N) is 3. The molecule has 0 amide bonds. The second-order valence-electron chi connectivity index (χ2n) is 4.71. The van der Waals surface area contributed by atoms with Gasteiger partial charge in [0.15, 0.2) is 11.9 Å². The van der Waals surface area contributed by atoms with Crippen molar-refractivity contribution >= 4 is 5.69 Å². The molecule has 1 unspecified atom stereocenters. The normalized spacial score (nSPS) is 20.8. The maximum absolute atomic E-state index is 6.02. The topological polar surface area (TPSA) is 52.0 Å². The fourth-order valence-electron chi connectivity index (χ4n) is 2.67. The van der Waals surface area contributed by atoms with Gasteiger partial charge in [-0.2, -0.15) is 0 Å².